The number of halogens is 2. The number of fused-ring (bicyclic) bond motifs is 3. The fourth-order valence-corrected chi connectivity index (χ4v) is 6.74. The van der Waals surface area contributed by atoms with Crippen LogP contribution in [0.25, 0.3) is 38.6 Å². The Labute approximate surface area is 252 Å². The molecular weight excluding hydrogens is 626 g/mol. The van der Waals surface area contributed by atoms with Gasteiger partial charge >= 0.3 is 0 Å². The normalized spacial score (nSPS) is 11.1. The number of aromatic nitrogens is 1. The van der Waals surface area contributed by atoms with Gasteiger partial charge in [-0.1, -0.05) is 54.1 Å². The van der Waals surface area contributed by atoms with Crippen molar-refractivity contribution < 1.29 is 10.2 Å². The largest absolute Gasteiger partial charge is 0.506 e. The lowest BCUT2D eigenvalue weighted by Gasteiger charge is -2.14. The van der Waals surface area contributed by atoms with Crippen LogP contribution in [0.1, 0.15) is 27.8 Å². The van der Waals surface area contributed by atoms with Gasteiger partial charge in [0.15, 0.2) is 5.75 Å². The monoisotopic (exact) mass is 655 g/mol. The zero-order valence-corrected chi connectivity index (χ0v) is 26.4. The molecule has 1 aromatic heterocycles. The number of rotatable bonds is 2. The van der Waals surface area contributed by atoms with Crippen molar-refractivity contribution in [2.45, 2.75) is 34.6 Å². The highest BCUT2D eigenvalue weighted by atomic mass is 79.9. The number of nitrogens with zero attached hydrogens (tertiary/aromatic N) is 1. The maximum atomic E-state index is 10.5. The lowest BCUT2D eigenvalue weighted by atomic mass is 9.92. The second-order valence-electron chi connectivity index (χ2n) is 10.4. The molecule has 5 aromatic carbocycles. The molecule has 5 heteroatoms. The summed E-state index contributed by atoms with van der Waals surface area (Å²) in [6.45, 7) is 10.3. The van der Waals surface area contributed by atoms with E-state index in [1.165, 1.54) is 27.5 Å². The molecule has 0 aliphatic rings. The van der Waals surface area contributed by atoms with Gasteiger partial charge in [0.25, 0.3) is 0 Å². The predicted molar refractivity (Wildman–Crippen MR) is 175 cm³/mol. The lowest BCUT2D eigenvalue weighted by molar-refractivity contribution is 0.469. The Hall–Kier alpha value is -3.54. The maximum Gasteiger partial charge on any atom is 0.153 e. The first-order chi connectivity index (χ1) is 19.1. The molecule has 40 heavy (non-hydrogen) atoms. The van der Waals surface area contributed by atoms with Crippen molar-refractivity contribution in [1.29, 1.82) is 0 Å². The molecule has 202 valence electrons. The highest BCUT2D eigenvalue weighted by Gasteiger charge is 2.16. The highest BCUT2D eigenvalue weighted by molar-refractivity contribution is 9.11. The third kappa shape index (κ3) is 5.16. The molecule has 0 saturated carbocycles. The van der Waals surface area contributed by atoms with E-state index in [4.69, 9.17) is 0 Å². The lowest BCUT2D eigenvalue weighted by Crippen LogP contribution is -1.95. The minimum absolute atomic E-state index is 0.261. The number of aryl methyl sites for hydroxylation is 5. The molecule has 0 spiro atoms. The van der Waals surface area contributed by atoms with E-state index < -0.39 is 0 Å². The summed E-state index contributed by atoms with van der Waals surface area (Å²) in [6.07, 6.45) is 0. The maximum absolute atomic E-state index is 10.5. The zero-order valence-electron chi connectivity index (χ0n) is 23.2. The molecule has 0 atom stereocenters. The van der Waals surface area contributed by atoms with Crippen LogP contribution >= 0.6 is 31.9 Å². The van der Waals surface area contributed by atoms with Gasteiger partial charge in [0.2, 0.25) is 0 Å². The summed E-state index contributed by atoms with van der Waals surface area (Å²) in [7, 11) is 0. The van der Waals surface area contributed by atoms with Gasteiger partial charge in [-0.2, -0.15) is 0 Å². The van der Waals surface area contributed by atoms with Gasteiger partial charge in [-0.25, -0.2) is 0 Å². The Morgan fingerprint density at radius 3 is 1.55 bits per heavy atom. The van der Waals surface area contributed by atoms with E-state index in [-0.39, 0.29) is 5.75 Å². The van der Waals surface area contributed by atoms with Crippen molar-refractivity contribution in [3.05, 3.63) is 122 Å². The number of benzene rings is 5. The summed E-state index contributed by atoms with van der Waals surface area (Å²) in [5.74, 6) is 0.577. The molecule has 6 aromatic rings. The van der Waals surface area contributed by atoms with E-state index in [1.54, 1.807) is 0 Å². The highest BCUT2D eigenvalue weighted by Crippen LogP contribution is 2.40. The van der Waals surface area contributed by atoms with Crippen LogP contribution in [0.2, 0.25) is 0 Å². The fourth-order valence-electron chi connectivity index (χ4n) is 5.60. The molecule has 0 fully saturated rings. The van der Waals surface area contributed by atoms with E-state index in [2.05, 4.69) is 93.6 Å². The van der Waals surface area contributed by atoms with Crippen LogP contribution in [0, 0.1) is 34.6 Å². The molecule has 0 radical (unpaired) electrons. The Morgan fingerprint density at radius 2 is 1.00 bits per heavy atom. The van der Waals surface area contributed by atoms with Crippen LogP contribution < -0.4 is 0 Å². The molecule has 0 aliphatic carbocycles. The molecule has 0 unspecified atom stereocenters. The van der Waals surface area contributed by atoms with E-state index in [9.17, 15) is 10.2 Å². The Balaban J connectivity index is 0.000000165. The van der Waals surface area contributed by atoms with Crippen LogP contribution in [0.15, 0.2) is 93.9 Å². The number of phenolic OH excluding ortho intramolecular Hbond substituents is 2. The zero-order chi connectivity index (χ0) is 28.7. The molecule has 2 N–H and O–H groups in total. The summed E-state index contributed by atoms with van der Waals surface area (Å²) < 4.78 is 3.58. The minimum Gasteiger partial charge on any atom is -0.506 e. The summed E-state index contributed by atoms with van der Waals surface area (Å²) >= 11 is 6.85. The van der Waals surface area contributed by atoms with E-state index in [0.29, 0.717) is 10.2 Å². The Bertz CT molecular complexity index is 1830. The minimum atomic E-state index is 0.261. The summed E-state index contributed by atoms with van der Waals surface area (Å²) in [5, 5.41) is 23.2. The number of aromatic hydroxyl groups is 2. The van der Waals surface area contributed by atoms with Gasteiger partial charge in [0.05, 0.1) is 25.7 Å². The SMILES string of the molecule is Cc1cc(Br)c(O)c(-n2c3ccccc3c3ccccc32)c1.Cc1cc(C)c(-c2cc(C)cc(Br)c2O)c(C)c1. The van der Waals surface area contributed by atoms with Gasteiger partial charge in [-0.3, -0.25) is 0 Å². The van der Waals surface area contributed by atoms with Crippen molar-refractivity contribution in [3.63, 3.8) is 0 Å². The molecule has 3 nitrogen and oxygen atoms in total. The molecule has 6 rings (SSSR count). The van der Waals surface area contributed by atoms with Crippen molar-refractivity contribution >= 4 is 53.7 Å². The first-order valence-electron chi connectivity index (χ1n) is 13.1. The number of hydrogen-bond donors (Lipinski definition) is 2. The molecule has 0 saturated heterocycles. The number of para-hydroxylation sites is 2. The van der Waals surface area contributed by atoms with Crippen LogP contribution in [-0.4, -0.2) is 14.8 Å². The van der Waals surface area contributed by atoms with E-state index >= 15 is 0 Å². The summed E-state index contributed by atoms with van der Waals surface area (Å²) in [6, 6.07) is 28.8. The van der Waals surface area contributed by atoms with Crippen LogP contribution in [0.4, 0.5) is 0 Å². The van der Waals surface area contributed by atoms with Crippen molar-refractivity contribution in [3.8, 4) is 28.3 Å². The standard InChI is InChI=1S/C19H14BrNO.C16H17BrO/c1-12-10-15(20)19(22)18(11-12)21-16-8-4-2-6-13(16)14-7-3-5-9-17(14)21;1-9-5-11(3)15(12(4)6-9)13-7-10(2)8-14(17)16(13)18/h2-11,22H,1H3;5-8,18H,1-4H3. The molecule has 0 bridgehead atoms. The van der Waals surface area contributed by atoms with Crippen molar-refractivity contribution in [2.24, 2.45) is 0 Å². The van der Waals surface area contributed by atoms with Gasteiger partial charge in [0, 0.05) is 16.3 Å². The summed E-state index contributed by atoms with van der Waals surface area (Å²) in [5.41, 5.74) is 10.9. The Kier molecular flexibility index (Phi) is 7.80. The second-order valence-corrected chi connectivity index (χ2v) is 12.1. The van der Waals surface area contributed by atoms with Gasteiger partial charge in [-0.15, -0.1) is 0 Å². The average Bonchev–Trinajstić information content (AvgIpc) is 3.23. The van der Waals surface area contributed by atoms with Crippen LogP contribution in [0.3, 0.4) is 0 Å². The summed E-state index contributed by atoms with van der Waals surface area (Å²) in [4.78, 5) is 0. The van der Waals surface area contributed by atoms with Gasteiger partial charge in [-0.05, 0) is 131 Å². The fraction of sp³-hybridized carbons (Fsp3) is 0.143. The second kappa shape index (κ2) is 11.1. The predicted octanol–water partition coefficient (Wildman–Crippen LogP) is 10.6. The van der Waals surface area contributed by atoms with Gasteiger partial charge < -0.3 is 14.8 Å². The molecule has 0 amide bonds. The first kappa shape index (κ1) is 28.0. The third-order valence-corrected chi connectivity index (χ3v) is 8.37. The topological polar surface area (TPSA) is 45.4 Å². The smallest absolute Gasteiger partial charge is 0.153 e. The third-order valence-electron chi connectivity index (χ3n) is 7.16. The van der Waals surface area contributed by atoms with Crippen LogP contribution in [-0.2, 0) is 0 Å². The van der Waals surface area contributed by atoms with E-state index in [0.717, 1.165) is 43.4 Å². The van der Waals surface area contributed by atoms with Gasteiger partial charge in [0.1, 0.15) is 5.75 Å². The molecular formula is C35H31Br2NO2. The molecule has 1 heterocycles. The Morgan fingerprint density at radius 1 is 0.550 bits per heavy atom. The van der Waals surface area contributed by atoms with Crippen molar-refractivity contribution in [1.82, 2.24) is 4.57 Å². The average molecular weight is 657 g/mol. The quantitative estimate of drug-likeness (QED) is 0.195. The van der Waals surface area contributed by atoms with Crippen molar-refractivity contribution in [2.75, 3.05) is 0 Å². The van der Waals surface area contributed by atoms with E-state index in [1.807, 2.05) is 62.4 Å². The number of hydrogen-bond acceptors (Lipinski definition) is 2. The van der Waals surface area contributed by atoms with Crippen LogP contribution in [0.5, 0.6) is 11.5 Å². The first-order valence-corrected chi connectivity index (χ1v) is 14.7. The molecule has 0 aliphatic heterocycles. The number of phenols is 2.